The van der Waals surface area contributed by atoms with E-state index in [2.05, 4.69) is 5.32 Å². The largest absolute Gasteiger partial charge is 0.396 e. The second kappa shape index (κ2) is 4.58. The van der Waals surface area contributed by atoms with E-state index in [1.54, 1.807) is 0 Å². The Labute approximate surface area is 78.3 Å². The van der Waals surface area contributed by atoms with E-state index in [4.69, 9.17) is 9.84 Å². The minimum atomic E-state index is -0.188. The fraction of sp³-hybridized carbons (Fsp3) is 0.889. The average molecular weight is 187 g/mol. The van der Waals surface area contributed by atoms with Gasteiger partial charge in [0.15, 0.2) is 0 Å². The standard InChI is InChI=1S/C9H17NO3/c1-9(4-6-13-7-9)10-8(12)3-2-5-11/h11H,2-7H2,1H3,(H,10,12). The van der Waals surface area contributed by atoms with Crippen molar-refractivity contribution in [1.29, 1.82) is 0 Å². The van der Waals surface area contributed by atoms with E-state index in [9.17, 15) is 4.79 Å². The molecule has 0 saturated carbocycles. The normalized spacial score (nSPS) is 27.5. The molecule has 1 saturated heterocycles. The molecule has 0 radical (unpaired) electrons. The van der Waals surface area contributed by atoms with Crippen LogP contribution in [0.2, 0.25) is 0 Å². The zero-order valence-corrected chi connectivity index (χ0v) is 8.01. The summed E-state index contributed by atoms with van der Waals surface area (Å²) in [5.74, 6) is 0.00190. The minimum absolute atomic E-state index is 0.00190. The molecule has 1 aliphatic rings. The second-order valence-electron chi connectivity index (χ2n) is 3.74. The lowest BCUT2D eigenvalue weighted by molar-refractivity contribution is -0.123. The summed E-state index contributed by atoms with van der Waals surface area (Å²) >= 11 is 0. The van der Waals surface area contributed by atoms with Crippen LogP contribution < -0.4 is 5.32 Å². The molecule has 1 amide bonds. The number of amides is 1. The lowest BCUT2D eigenvalue weighted by atomic mass is 10.0. The molecule has 1 fully saturated rings. The molecule has 4 nitrogen and oxygen atoms in total. The van der Waals surface area contributed by atoms with Crippen molar-refractivity contribution in [3.05, 3.63) is 0 Å². The van der Waals surface area contributed by atoms with Crippen LogP contribution in [0.4, 0.5) is 0 Å². The molecule has 0 aromatic heterocycles. The molecule has 1 atom stereocenters. The van der Waals surface area contributed by atoms with Gasteiger partial charge in [0.25, 0.3) is 0 Å². The molecule has 1 rings (SSSR count). The molecule has 13 heavy (non-hydrogen) atoms. The molecule has 0 bridgehead atoms. The number of aliphatic hydroxyl groups excluding tert-OH is 1. The van der Waals surface area contributed by atoms with Gasteiger partial charge in [-0.2, -0.15) is 0 Å². The third kappa shape index (κ3) is 3.32. The zero-order valence-electron chi connectivity index (χ0n) is 8.01. The predicted octanol–water partition coefficient (Wildman–Crippen LogP) is 0.0541. The summed E-state index contributed by atoms with van der Waals surface area (Å²) in [6, 6.07) is 0. The first-order valence-corrected chi connectivity index (χ1v) is 4.66. The Balaban J connectivity index is 2.26. The number of hydrogen-bond acceptors (Lipinski definition) is 3. The van der Waals surface area contributed by atoms with Gasteiger partial charge in [0.1, 0.15) is 0 Å². The summed E-state index contributed by atoms with van der Waals surface area (Å²) in [5, 5.41) is 11.5. The van der Waals surface area contributed by atoms with Gasteiger partial charge in [-0.25, -0.2) is 0 Å². The first-order valence-electron chi connectivity index (χ1n) is 4.66. The predicted molar refractivity (Wildman–Crippen MR) is 48.3 cm³/mol. The lowest BCUT2D eigenvalue weighted by Crippen LogP contribution is -2.46. The summed E-state index contributed by atoms with van der Waals surface area (Å²) in [5.41, 5.74) is -0.188. The highest BCUT2D eigenvalue weighted by molar-refractivity contribution is 5.76. The quantitative estimate of drug-likeness (QED) is 0.654. The van der Waals surface area contributed by atoms with Crippen molar-refractivity contribution >= 4 is 5.91 Å². The van der Waals surface area contributed by atoms with Gasteiger partial charge in [0, 0.05) is 19.6 Å². The zero-order chi connectivity index (χ0) is 9.73. The van der Waals surface area contributed by atoms with Crippen molar-refractivity contribution < 1.29 is 14.6 Å². The fourth-order valence-corrected chi connectivity index (χ4v) is 1.40. The Morgan fingerprint density at radius 2 is 2.46 bits per heavy atom. The van der Waals surface area contributed by atoms with Crippen LogP contribution in [-0.4, -0.2) is 36.4 Å². The number of rotatable bonds is 4. The maximum absolute atomic E-state index is 11.3. The van der Waals surface area contributed by atoms with Gasteiger partial charge in [-0.1, -0.05) is 0 Å². The van der Waals surface area contributed by atoms with Crippen LogP contribution in [0, 0.1) is 0 Å². The summed E-state index contributed by atoms with van der Waals surface area (Å²) in [4.78, 5) is 11.3. The average Bonchev–Trinajstić information content (AvgIpc) is 2.48. The minimum Gasteiger partial charge on any atom is -0.396 e. The summed E-state index contributed by atoms with van der Waals surface area (Å²) in [7, 11) is 0. The lowest BCUT2D eigenvalue weighted by Gasteiger charge is -2.23. The highest BCUT2D eigenvalue weighted by atomic mass is 16.5. The van der Waals surface area contributed by atoms with Crippen molar-refractivity contribution in [3.63, 3.8) is 0 Å². The van der Waals surface area contributed by atoms with Crippen molar-refractivity contribution in [1.82, 2.24) is 5.32 Å². The molecule has 0 aromatic rings. The van der Waals surface area contributed by atoms with Gasteiger partial charge in [-0.05, 0) is 19.8 Å². The molecule has 2 N–H and O–H groups in total. The third-order valence-electron chi connectivity index (χ3n) is 2.22. The summed E-state index contributed by atoms with van der Waals surface area (Å²) < 4.78 is 5.20. The Bertz CT molecular complexity index is 176. The first-order chi connectivity index (χ1) is 6.16. The molecule has 1 unspecified atom stereocenters. The highest BCUT2D eigenvalue weighted by Crippen LogP contribution is 2.17. The molecule has 76 valence electrons. The van der Waals surface area contributed by atoms with Crippen molar-refractivity contribution in [2.75, 3.05) is 19.8 Å². The van der Waals surface area contributed by atoms with Gasteiger partial charge in [-0.3, -0.25) is 4.79 Å². The van der Waals surface area contributed by atoms with Crippen LogP contribution in [0.25, 0.3) is 0 Å². The van der Waals surface area contributed by atoms with E-state index in [1.165, 1.54) is 0 Å². The maximum Gasteiger partial charge on any atom is 0.220 e. The van der Waals surface area contributed by atoms with Crippen molar-refractivity contribution in [2.45, 2.75) is 31.7 Å². The van der Waals surface area contributed by atoms with E-state index >= 15 is 0 Å². The number of carbonyl (C=O) groups excluding carboxylic acids is 1. The molecular formula is C9H17NO3. The molecular weight excluding hydrogens is 170 g/mol. The molecule has 0 spiro atoms. The van der Waals surface area contributed by atoms with E-state index in [1.807, 2.05) is 6.92 Å². The third-order valence-corrected chi connectivity index (χ3v) is 2.22. The molecule has 1 aliphatic heterocycles. The number of carbonyl (C=O) groups is 1. The highest BCUT2D eigenvalue weighted by Gasteiger charge is 2.30. The molecule has 0 aromatic carbocycles. The Hall–Kier alpha value is -0.610. The van der Waals surface area contributed by atoms with Gasteiger partial charge in [0.2, 0.25) is 5.91 Å². The summed E-state index contributed by atoms with van der Waals surface area (Å²) in [6.45, 7) is 3.37. The van der Waals surface area contributed by atoms with Crippen LogP contribution >= 0.6 is 0 Å². The van der Waals surface area contributed by atoms with Crippen LogP contribution in [-0.2, 0) is 9.53 Å². The molecule has 4 heteroatoms. The Kier molecular flexibility index (Phi) is 3.69. The monoisotopic (exact) mass is 187 g/mol. The van der Waals surface area contributed by atoms with Gasteiger partial charge >= 0.3 is 0 Å². The number of hydrogen-bond donors (Lipinski definition) is 2. The molecule has 1 heterocycles. The summed E-state index contributed by atoms with van der Waals surface area (Å²) in [6.07, 6.45) is 1.80. The van der Waals surface area contributed by atoms with Crippen LogP contribution in [0.1, 0.15) is 26.2 Å². The number of aliphatic hydroxyl groups is 1. The number of ether oxygens (including phenoxy) is 1. The number of nitrogens with one attached hydrogen (secondary N) is 1. The van der Waals surface area contributed by atoms with E-state index < -0.39 is 0 Å². The van der Waals surface area contributed by atoms with E-state index in [0.29, 0.717) is 19.4 Å². The Morgan fingerprint density at radius 1 is 1.69 bits per heavy atom. The van der Waals surface area contributed by atoms with Crippen molar-refractivity contribution in [2.24, 2.45) is 0 Å². The Morgan fingerprint density at radius 3 is 3.00 bits per heavy atom. The van der Waals surface area contributed by atoms with Crippen molar-refractivity contribution in [3.8, 4) is 0 Å². The first kappa shape index (κ1) is 10.5. The smallest absolute Gasteiger partial charge is 0.220 e. The van der Waals surface area contributed by atoms with Crippen LogP contribution in [0.5, 0.6) is 0 Å². The molecule has 0 aliphatic carbocycles. The second-order valence-corrected chi connectivity index (χ2v) is 3.74. The van der Waals surface area contributed by atoms with Gasteiger partial charge in [0.05, 0.1) is 12.1 Å². The maximum atomic E-state index is 11.3. The van der Waals surface area contributed by atoms with Gasteiger partial charge < -0.3 is 15.2 Å². The van der Waals surface area contributed by atoms with E-state index in [-0.39, 0.29) is 18.1 Å². The van der Waals surface area contributed by atoms with Crippen LogP contribution in [0.3, 0.4) is 0 Å². The van der Waals surface area contributed by atoms with Crippen LogP contribution in [0.15, 0.2) is 0 Å². The van der Waals surface area contributed by atoms with Gasteiger partial charge in [-0.15, -0.1) is 0 Å². The fourth-order valence-electron chi connectivity index (χ4n) is 1.40. The van der Waals surface area contributed by atoms with E-state index in [0.717, 1.165) is 13.0 Å². The topological polar surface area (TPSA) is 58.6 Å². The SMILES string of the molecule is CC1(NC(=O)CCCO)CCOC1.